The lowest BCUT2D eigenvalue weighted by Crippen LogP contribution is -2.41. The molecule has 6 nitrogen and oxygen atoms in total. The number of carboxylic acid groups (broad SMARTS) is 1. The molecule has 0 aromatic carbocycles. The molecule has 0 aliphatic heterocycles. The monoisotopic (exact) mass is 284 g/mol. The van der Waals surface area contributed by atoms with Crippen LogP contribution in [-0.2, 0) is 14.4 Å². The zero-order valence-electron chi connectivity index (χ0n) is 12.1. The predicted molar refractivity (Wildman–Crippen MR) is 74.0 cm³/mol. The van der Waals surface area contributed by atoms with Crippen LogP contribution in [0, 0.1) is 11.8 Å². The molecule has 0 heterocycles. The Hall–Kier alpha value is -1.59. The number of carboxylic acids is 1. The van der Waals surface area contributed by atoms with E-state index in [2.05, 4.69) is 10.6 Å². The van der Waals surface area contributed by atoms with Gasteiger partial charge in [-0.25, -0.2) is 0 Å². The lowest BCUT2D eigenvalue weighted by molar-refractivity contribution is -0.149. The van der Waals surface area contributed by atoms with Crippen LogP contribution in [0.3, 0.4) is 0 Å². The highest BCUT2D eigenvalue weighted by molar-refractivity contribution is 5.85. The third-order valence-corrected chi connectivity index (χ3v) is 3.52. The van der Waals surface area contributed by atoms with Crippen molar-refractivity contribution in [1.82, 2.24) is 10.6 Å². The Balaban J connectivity index is 2.37. The van der Waals surface area contributed by atoms with Gasteiger partial charge in [-0.15, -0.1) is 0 Å². The standard InChI is InChI=1S/C14H24N2O4/c1-9(2)16-12(17)7-8-15-13(18)10-5-3-4-6-11(10)14(19)20/h9-11H,3-8H2,1-2H3,(H,15,18)(H,16,17)(H,19,20)/t10-,11+/m1/s1. The summed E-state index contributed by atoms with van der Waals surface area (Å²) in [7, 11) is 0. The van der Waals surface area contributed by atoms with Crippen molar-refractivity contribution in [1.29, 1.82) is 0 Å². The summed E-state index contributed by atoms with van der Waals surface area (Å²) in [5, 5.41) is 14.5. The third-order valence-electron chi connectivity index (χ3n) is 3.52. The molecule has 2 atom stereocenters. The van der Waals surface area contributed by atoms with E-state index in [4.69, 9.17) is 5.11 Å². The molecule has 1 rings (SSSR count). The summed E-state index contributed by atoms with van der Waals surface area (Å²) in [4.78, 5) is 34.6. The van der Waals surface area contributed by atoms with Crippen molar-refractivity contribution in [2.24, 2.45) is 11.8 Å². The topological polar surface area (TPSA) is 95.5 Å². The SMILES string of the molecule is CC(C)NC(=O)CCNC(=O)[C@@H]1CCCC[C@@H]1C(=O)O. The van der Waals surface area contributed by atoms with Gasteiger partial charge in [0.2, 0.25) is 11.8 Å². The number of hydrogen-bond donors (Lipinski definition) is 3. The second kappa shape index (κ2) is 7.87. The van der Waals surface area contributed by atoms with Crippen LogP contribution in [0.25, 0.3) is 0 Å². The van der Waals surface area contributed by atoms with E-state index in [1.165, 1.54) is 0 Å². The number of carbonyl (C=O) groups is 3. The van der Waals surface area contributed by atoms with Gasteiger partial charge >= 0.3 is 5.97 Å². The van der Waals surface area contributed by atoms with Gasteiger partial charge in [0.15, 0.2) is 0 Å². The van der Waals surface area contributed by atoms with E-state index in [9.17, 15) is 14.4 Å². The molecule has 0 spiro atoms. The van der Waals surface area contributed by atoms with Crippen molar-refractivity contribution in [2.75, 3.05) is 6.54 Å². The zero-order chi connectivity index (χ0) is 15.1. The molecule has 1 fully saturated rings. The average Bonchev–Trinajstić information content (AvgIpc) is 2.37. The summed E-state index contributed by atoms with van der Waals surface area (Å²) >= 11 is 0. The van der Waals surface area contributed by atoms with E-state index in [0.717, 1.165) is 12.8 Å². The summed E-state index contributed by atoms with van der Waals surface area (Å²) in [6, 6.07) is 0.0768. The van der Waals surface area contributed by atoms with Gasteiger partial charge in [-0.1, -0.05) is 12.8 Å². The van der Waals surface area contributed by atoms with Crippen LogP contribution in [0.5, 0.6) is 0 Å². The Labute approximate surface area is 119 Å². The molecule has 0 bridgehead atoms. The Morgan fingerprint density at radius 2 is 1.75 bits per heavy atom. The lowest BCUT2D eigenvalue weighted by atomic mass is 9.78. The molecule has 1 aliphatic rings. The summed E-state index contributed by atoms with van der Waals surface area (Å²) in [5.74, 6) is -2.31. The van der Waals surface area contributed by atoms with Crippen molar-refractivity contribution in [2.45, 2.75) is 52.0 Å². The van der Waals surface area contributed by atoms with E-state index in [0.29, 0.717) is 12.8 Å². The number of rotatable bonds is 6. The zero-order valence-corrected chi connectivity index (χ0v) is 12.1. The highest BCUT2D eigenvalue weighted by Gasteiger charge is 2.35. The lowest BCUT2D eigenvalue weighted by Gasteiger charge is -2.27. The molecule has 0 radical (unpaired) electrons. The molecular formula is C14H24N2O4. The van der Waals surface area contributed by atoms with Crippen LogP contribution in [0.4, 0.5) is 0 Å². The summed E-state index contributed by atoms with van der Waals surface area (Å²) < 4.78 is 0. The predicted octanol–water partition coefficient (Wildman–Crippen LogP) is 0.908. The van der Waals surface area contributed by atoms with E-state index in [-0.39, 0.29) is 30.8 Å². The van der Waals surface area contributed by atoms with Crippen LogP contribution >= 0.6 is 0 Å². The van der Waals surface area contributed by atoms with Crippen LogP contribution < -0.4 is 10.6 Å². The van der Waals surface area contributed by atoms with Gasteiger partial charge in [-0.3, -0.25) is 14.4 Å². The van der Waals surface area contributed by atoms with E-state index in [1.807, 2.05) is 13.8 Å². The molecule has 0 aromatic heterocycles. The average molecular weight is 284 g/mol. The first-order valence-corrected chi connectivity index (χ1v) is 7.21. The van der Waals surface area contributed by atoms with Gasteiger partial charge in [0.05, 0.1) is 11.8 Å². The maximum atomic E-state index is 12.0. The maximum absolute atomic E-state index is 12.0. The summed E-state index contributed by atoms with van der Waals surface area (Å²) in [6.07, 6.45) is 3.13. The summed E-state index contributed by atoms with van der Waals surface area (Å²) in [6.45, 7) is 3.99. The third kappa shape index (κ3) is 5.19. The smallest absolute Gasteiger partial charge is 0.307 e. The minimum Gasteiger partial charge on any atom is -0.481 e. The van der Waals surface area contributed by atoms with Crippen LogP contribution in [0.15, 0.2) is 0 Å². The highest BCUT2D eigenvalue weighted by Crippen LogP contribution is 2.30. The van der Waals surface area contributed by atoms with Crippen molar-refractivity contribution in [3.63, 3.8) is 0 Å². The second-order valence-corrected chi connectivity index (χ2v) is 5.60. The van der Waals surface area contributed by atoms with Crippen LogP contribution in [-0.4, -0.2) is 35.5 Å². The van der Waals surface area contributed by atoms with Crippen molar-refractivity contribution in [3.8, 4) is 0 Å². The number of amides is 2. The molecular weight excluding hydrogens is 260 g/mol. The van der Waals surface area contributed by atoms with Gasteiger partial charge in [0.25, 0.3) is 0 Å². The normalized spacial score (nSPS) is 22.4. The van der Waals surface area contributed by atoms with Gasteiger partial charge in [-0.05, 0) is 26.7 Å². The molecule has 0 unspecified atom stereocenters. The Morgan fingerprint density at radius 1 is 1.15 bits per heavy atom. The van der Waals surface area contributed by atoms with E-state index in [1.54, 1.807) is 0 Å². The Bertz CT molecular complexity index is 368. The number of aliphatic carboxylic acids is 1. The molecule has 1 saturated carbocycles. The molecule has 0 aromatic rings. The van der Waals surface area contributed by atoms with Crippen LogP contribution in [0.1, 0.15) is 46.0 Å². The Morgan fingerprint density at radius 3 is 2.30 bits per heavy atom. The van der Waals surface area contributed by atoms with Gasteiger partial charge in [0.1, 0.15) is 0 Å². The molecule has 0 saturated heterocycles. The molecule has 20 heavy (non-hydrogen) atoms. The number of hydrogen-bond acceptors (Lipinski definition) is 3. The fraction of sp³-hybridized carbons (Fsp3) is 0.786. The minimum absolute atomic E-state index is 0.0768. The largest absolute Gasteiger partial charge is 0.481 e. The molecule has 3 N–H and O–H groups in total. The fourth-order valence-electron chi connectivity index (χ4n) is 2.56. The molecule has 1 aliphatic carbocycles. The first kappa shape index (κ1) is 16.5. The van der Waals surface area contributed by atoms with E-state index >= 15 is 0 Å². The minimum atomic E-state index is -0.901. The van der Waals surface area contributed by atoms with E-state index < -0.39 is 17.8 Å². The second-order valence-electron chi connectivity index (χ2n) is 5.60. The van der Waals surface area contributed by atoms with Crippen LogP contribution in [0.2, 0.25) is 0 Å². The fourth-order valence-corrected chi connectivity index (χ4v) is 2.56. The van der Waals surface area contributed by atoms with Crippen molar-refractivity contribution >= 4 is 17.8 Å². The first-order valence-electron chi connectivity index (χ1n) is 7.21. The molecule has 6 heteroatoms. The van der Waals surface area contributed by atoms with Gasteiger partial charge in [-0.2, -0.15) is 0 Å². The highest BCUT2D eigenvalue weighted by atomic mass is 16.4. The molecule has 2 amide bonds. The van der Waals surface area contributed by atoms with Crippen molar-refractivity contribution in [3.05, 3.63) is 0 Å². The summed E-state index contributed by atoms with van der Waals surface area (Å²) in [5.41, 5.74) is 0. The quantitative estimate of drug-likeness (QED) is 0.675. The first-order chi connectivity index (χ1) is 9.41. The number of carbonyl (C=O) groups excluding carboxylic acids is 2. The number of nitrogens with one attached hydrogen (secondary N) is 2. The van der Waals surface area contributed by atoms with Gasteiger partial charge in [0, 0.05) is 19.0 Å². The Kier molecular flexibility index (Phi) is 6.48. The van der Waals surface area contributed by atoms with Gasteiger partial charge < -0.3 is 15.7 Å². The maximum Gasteiger partial charge on any atom is 0.307 e. The van der Waals surface area contributed by atoms with Crippen molar-refractivity contribution < 1.29 is 19.5 Å². The molecule has 114 valence electrons.